The predicted octanol–water partition coefficient (Wildman–Crippen LogP) is 1.95. The summed E-state index contributed by atoms with van der Waals surface area (Å²) in [7, 11) is 0. The maximum Gasteiger partial charge on any atom is 0.314 e. The summed E-state index contributed by atoms with van der Waals surface area (Å²) < 4.78 is 0. The number of urea groups is 1. The summed E-state index contributed by atoms with van der Waals surface area (Å²) in [4.78, 5) is 21.7. The molecule has 0 aromatic heterocycles. The van der Waals surface area contributed by atoms with Gasteiger partial charge < -0.3 is 15.7 Å². The molecule has 0 saturated carbocycles. The Hall–Kier alpha value is -2.04. The van der Waals surface area contributed by atoms with E-state index in [-0.39, 0.29) is 18.4 Å². The molecule has 0 fully saturated rings. The highest BCUT2D eigenvalue weighted by molar-refractivity contribution is 5.74. The second-order valence-corrected chi connectivity index (χ2v) is 4.45. The molecular formula is C14H20N2O3. The molecule has 0 aliphatic carbocycles. The molecule has 0 bridgehead atoms. The molecule has 1 aromatic carbocycles. The molecule has 0 heterocycles. The minimum Gasteiger partial charge on any atom is -0.481 e. The molecule has 5 heteroatoms. The van der Waals surface area contributed by atoms with Gasteiger partial charge in [0.25, 0.3) is 0 Å². The summed E-state index contributed by atoms with van der Waals surface area (Å²) in [5.74, 6) is -0.606. The number of hydrogen-bond acceptors (Lipinski definition) is 2. The number of amides is 2. The molecule has 1 rings (SSSR count). The second kappa shape index (κ2) is 8.13. The van der Waals surface area contributed by atoms with Gasteiger partial charge in [0.1, 0.15) is 0 Å². The smallest absolute Gasteiger partial charge is 0.314 e. The highest BCUT2D eigenvalue weighted by Crippen LogP contribution is 2.12. The van der Waals surface area contributed by atoms with E-state index in [0.717, 1.165) is 0 Å². The average Bonchev–Trinajstić information content (AvgIpc) is 2.41. The van der Waals surface area contributed by atoms with Crippen molar-refractivity contribution >= 4 is 12.0 Å². The molecule has 104 valence electrons. The first kappa shape index (κ1) is 15.0. The van der Waals surface area contributed by atoms with E-state index < -0.39 is 5.97 Å². The number of aliphatic carboxylic acids is 1. The van der Waals surface area contributed by atoms with Crippen LogP contribution >= 0.6 is 0 Å². The minimum absolute atomic E-state index is 0.0701. The van der Waals surface area contributed by atoms with Crippen molar-refractivity contribution in [3.05, 3.63) is 35.9 Å². The van der Waals surface area contributed by atoms with Crippen molar-refractivity contribution in [2.45, 2.75) is 25.7 Å². The van der Waals surface area contributed by atoms with Crippen LogP contribution in [-0.4, -0.2) is 30.2 Å². The van der Waals surface area contributed by atoms with Crippen LogP contribution in [0.15, 0.2) is 30.3 Å². The summed E-state index contributed by atoms with van der Waals surface area (Å²) >= 11 is 0. The van der Waals surface area contributed by atoms with Crippen molar-refractivity contribution in [1.82, 2.24) is 10.6 Å². The minimum atomic E-state index is -0.847. The van der Waals surface area contributed by atoms with Gasteiger partial charge in [-0.25, -0.2) is 4.79 Å². The molecule has 1 atom stereocenters. The van der Waals surface area contributed by atoms with Gasteiger partial charge in [-0.3, -0.25) is 4.79 Å². The first-order chi connectivity index (χ1) is 9.09. The Morgan fingerprint density at radius 2 is 1.89 bits per heavy atom. The number of hydrogen-bond donors (Lipinski definition) is 3. The number of benzene rings is 1. The number of carboxylic acid groups (broad SMARTS) is 1. The second-order valence-electron chi connectivity index (χ2n) is 4.45. The van der Waals surface area contributed by atoms with Crippen LogP contribution in [0.25, 0.3) is 0 Å². The van der Waals surface area contributed by atoms with Gasteiger partial charge in [0.05, 0.1) is 0 Å². The Labute approximate surface area is 113 Å². The largest absolute Gasteiger partial charge is 0.481 e. The third kappa shape index (κ3) is 6.45. The van der Waals surface area contributed by atoms with Crippen LogP contribution < -0.4 is 10.6 Å². The summed E-state index contributed by atoms with van der Waals surface area (Å²) in [6.07, 6.45) is 0.512. The molecule has 2 amide bonds. The Morgan fingerprint density at radius 3 is 2.53 bits per heavy atom. The first-order valence-electron chi connectivity index (χ1n) is 6.38. The third-order valence-electron chi connectivity index (χ3n) is 2.79. The van der Waals surface area contributed by atoms with E-state index in [9.17, 15) is 9.59 Å². The van der Waals surface area contributed by atoms with Crippen LogP contribution in [0, 0.1) is 0 Å². The molecule has 0 aliphatic rings. The fourth-order valence-electron chi connectivity index (χ4n) is 1.65. The monoisotopic (exact) mass is 264 g/mol. The van der Waals surface area contributed by atoms with Crippen LogP contribution in [0.3, 0.4) is 0 Å². The summed E-state index contributed by atoms with van der Waals surface area (Å²) in [5.41, 5.74) is 1.17. The molecule has 1 unspecified atom stereocenters. The normalized spacial score (nSPS) is 11.6. The lowest BCUT2D eigenvalue weighted by atomic mass is 10.0. The number of nitrogens with one attached hydrogen (secondary N) is 2. The van der Waals surface area contributed by atoms with Gasteiger partial charge in [-0.15, -0.1) is 0 Å². The Morgan fingerprint density at radius 1 is 1.21 bits per heavy atom. The van der Waals surface area contributed by atoms with Gasteiger partial charge in [-0.05, 0) is 17.9 Å². The van der Waals surface area contributed by atoms with E-state index in [2.05, 4.69) is 10.6 Å². The molecule has 3 N–H and O–H groups in total. The van der Waals surface area contributed by atoms with Crippen LogP contribution in [0.1, 0.15) is 31.2 Å². The highest BCUT2D eigenvalue weighted by Gasteiger charge is 2.07. The number of carboxylic acids is 1. The molecule has 5 nitrogen and oxygen atoms in total. The van der Waals surface area contributed by atoms with Crippen molar-refractivity contribution in [2.24, 2.45) is 0 Å². The van der Waals surface area contributed by atoms with E-state index in [1.54, 1.807) is 0 Å². The predicted molar refractivity (Wildman–Crippen MR) is 73.1 cm³/mol. The summed E-state index contributed by atoms with van der Waals surface area (Å²) in [6.45, 7) is 2.96. The number of carbonyl (C=O) groups is 2. The van der Waals surface area contributed by atoms with Crippen LogP contribution in [0.2, 0.25) is 0 Å². The van der Waals surface area contributed by atoms with Crippen molar-refractivity contribution in [1.29, 1.82) is 0 Å². The molecule has 1 aromatic rings. The van der Waals surface area contributed by atoms with Crippen molar-refractivity contribution in [3.63, 3.8) is 0 Å². The van der Waals surface area contributed by atoms with E-state index in [0.29, 0.717) is 19.5 Å². The Kier molecular flexibility index (Phi) is 6.43. The lowest BCUT2D eigenvalue weighted by Crippen LogP contribution is -2.38. The summed E-state index contributed by atoms with van der Waals surface area (Å²) in [5, 5.41) is 13.9. The van der Waals surface area contributed by atoms with E-state index >= 15 is 0 Å². The van der Waals surface area contributed by atoms with Crippen LogP contribution in [0.5, 0.6) is 0 Å². The van der Waals surface area contributed by atoms with Gasteiger partial charge in [-0.2, -0.15) is 0 Å². The Balaban J connectivity index is 2.18. The fraction of sp³-hybridized carbons (Fsp3) is 0.429. The average molecular weight is 264 g/mol. The van der Waals surface area contributed by atoms with Gasteiger partial charge in [0, 0.05) is 19.5 Å². The number of rotatable bonds is 7. The SMILES string of the molecule is CC(CNC(=O)NCCCC(=O)O)c1ccccc1. The van der Waals surface area contributed by atoms with Crippen molar-refractivity contribution in [3.8, 4) is 0 Å². The maximum absolute atomic E-state index is 11.5. The molecule has 19 heavy (non-hydrogen) atoms. The van der Waals surface area contributed by atoms with Crippen molar-refractivity contribution in [2.75, 3.05) is 13.1 Å². The zero-order chi connectivity index (χ0) is 14.1. The zero-order valence-electron chi connectivity index (χ0n) is 11.1. The van der Waals surface area contributed by atoms with Crippen LogP contribution in [0.4, 0.5) is 4.79 Å². The van der Waals surface area contributed by atoms with E-state index in [1.807, 2.05) is 37.3 Å². The van der Waals surface area contributed by atoms with Crippen molar-refractivity contribution < 1.29 is 14.7 Å². The van der Waals surface area contributed by atoms with Gasteiger partial charge in [-0.1, -0.05) is 37.3 Å². The number of carbonyl (C=O) groups excluding carboxylic acids is 1. The topological polar surface area (TPSA) is 78.4 Å². The maximum atomic E-state index is 11.5. The lowest BCUT2D eigenvalue weighted by molar-refractivity contribution is -0.137. The van der Waals surface area contributed by atoms with E-state index in [4.69, 9.17) is 5.11 Å². The zero-order valence-corrected chi connectivity index (χ0v) is 11.1. The highest BCUT2D eigenvalue weighted by atomic mass is 16.4. The standard InChI is InChI=1S/C14H20N2O3/c1-11(12-6-3-2-4-7-12)10-16-14(19)15-9-5-8-13(17)18/h2-4,6-7,11H,5,8-10H2,1H3,(H,17,18)(H2,15,16,19). The molecule has 0 radical (unpaired) electrons. The van der Waals surface area contributed by atoms with Gasteiger partial charge >= 0.3 is 12.0 Å². The van der Waals surface area contributed by atoms with E-state index in [1.165, 1.54) is 5.56 Å². The molecular weight excluding hydrogens is 244 g/mol. The fourth-order valence-corrected chi connectivity index (χ4v) is 1.65. The van der Waals surface area contributed by atoms with Gasteiger partial charge in [0.15, 0.2) is 0 Å². The molecule has 0 aliphatic heterocycles. The molecule has 0 saturated heterocycles. The van der Waals surface area contributed by atoms with Gasteiger partial charge in [0.2, 0.25) is 0 Å². The first-order valence-corrected chi connectivity index (χ1v) is 6.38. The third-order valence-corrected chi connectivity index (χ3v) is 2.79. The Bertz CT molecular complexity index is 406. The quantitative estimate of drug-likeness (QED) is 0.659. The van der Waals surface area contributed by atoms with Crippen LogP contribution in [-0.2, 0) is 4.79 Å². The molecule has 0 spiro atoms. The lowest BCUT2D eigenvalue weighted by Gasteiger charge is -2.13. The summed E-state index contributed by atoms with van der Waals surface area (Å²) in [6, 6.07) is 9.69.